The number of carbonyl (C=O) groups excluding carboxylic acids is 1. The highest BCUT2D eigenvalue weighted by Gasteiger charge is 2.15. The van der Waals surface area contributed by atoms with E-state index in [9.17, 15) is 4.79 Å². The maximum absolute atomic E-state index is 12.1. The lowest BCUT2D eigenvalue weighted by molar-refractivity contribution is 0.0769. The summed E-state index contributed by atoms with van der Waals surface area (Å²) in [6.45, 7) is 10.7. The molecule has 26 heavy (non-hydrogen) atoms. The van der Waals surface area contributed by atoms with Crippen molar-refractivity contribution in [3.05, 3.63) is 35.4 Å². The van der Waals surface area contributed by atoms with Gasteiger partial charge in [0.25, 0.3) is 5.91 Å². The number of thioether (sulfide) groups is 1. The minimum absolute atomic E-state index is 0.100. The van der Waals surface area contributed by atoms with Crippen LogP contribution in [0.25, 0.3) is 0 Å². The third-order valence-electron chi connectivity index (χ3n) is 4.23. The molecule has 6 nitrogen and oxygen atoms in total. The molecule has 0 atom stereocenters. The van der Waals surface area contributed by atoms with E-state index < -0.39 is 0 Å². The van der Waals surface area contributed by atoms with Gasteiger partial charge in [0.2, 0.25) is 0 Å². The van der Waals surface area contributed by atoms with Crippen LogP contribution in [0, 0.1) is 0 Å². The Kier molecular flexibility index (Phi) is 7.50. The third-order valence-corrected chi connectivity index (χ3v) is 5.10. The van der Waals surface area contributed by atoms with Crippen LogP contribution in [-0.2, 0) is 12.2 Å². The minimum Gasteiger partial charge on any atom is -0.455 e. The first kappa shape index (κ1) is 20.3. The van der Waals surface area contributed by atoms with E-state index in [1.54, 1.807) is 18.0 Å². The molecule has 2 rings (SSSR count). The van der Waals surface area contributed by atoms with E-state index in [1.165, 1.54) is 11.8 Å². The number of nitrogens with zero attached hydrogens (tertiary/aromatic N) is 4. The van der Waals surface area contributed by atoms with Crippen molar-refractivity contribution in [2.24, 2.45) is 0 Å². The van der Waals surface area contributed by atoms with E-state index in [0.29, 0.717) is 18.1 Å². The number of aromatic nitrogens is 2. The second-order valence-electron chi connectivity index (χ2n) is 5.90. The number of amides is 1. The molecule has 2 heterocycles. The lowest BCUT2D eigenvalue weighted by Crippen LogP contribution is -2.25. The average molecular weight is 377 g/mol. The molecular formula is C19H28N4O2S. The van der Waals surface area contributed by atoms with E-state index >= 15 is 0 Å². The summed E-state index contributed by atoms with van der Waals surface area (Å²) >= 11 is 1.53. The van der Waals surface area contributed by atoms with Crippen molar-refractivity contribution < 1.29 is 9.21 Å². The fourth-order valence-electron chi connectivity index (χ4n) is 2.45. The predicted molar refractivity (Wildman–Crippen MR) is 106 cm³/mol. The molecule has 0 fully saturated rings. The normalized spacial score (nSPS) is 10.8. The Morgan fingerprint density at radius 2 is 1.85 bits per heavy atom. The van der Waals surface area contributed by atoms with E-state index in [1.807, 2.05) is 13.0 Å². The van der Waals surface area contributed by atoms with Gasteiger partial charge in [0.05, 0.1) is 5.75 Å². The second kappa shape index (κ2) is 9.62. The lowest BCUT2D eigenvalue weighted by Gasteiger charge is -2.20. The maximum atomic E-state index is 12.1. The predicted octanol–water partition coefficient (Wildman–Crippen LogP) is 3.86. The molecule has 142 valence electrons. The standard InChI is InChI=1S/C19H28N4O2S/c1-6-14-12-17(23(8-3)9-4)21-19(20-14)26-13-15-10-11-16(25-15)18(24)22(5)7-2/h10-12H,6-9,13H2,1-5H3. The van der Waals surface area contributed by atoms with Gasteiger partial charge in [-0.05, 0) is 39.3 Å². The SMILES string of the molecule is CCc1cc(N(CC)CC)nc(SCc2ccc(C(=O)N(C)CC)o2)n1. The van der Waals surface area contributed by atoms with Crippen molar-refractivity contribution >= 4 is 23.5 Å². The van der Waals surface area contributed by atoms with Crippen LogP contribution in [0.15, 0.2) is 27.8 Å². The lowest BCUT2D eigenvalue weighted by atomic mass is 10.3. The Morgan fingerprint density at radius 3 is 2.46 bits per heavy atom. The zero-order chi connectivity index (χ0) is 19.1. The molecule has 1 amide bonds. The Morgan fingerprint density at radius 1 is 1.12 bits per heavy atom. The highest BCUT2D eigenvalue weighted by atomic mass is 32.2. The number of rotatable bonds is 9. The molecule has 0 aliphatic rings. The van der Waals surface area contributed by atoms with Crippen LogP contribution in [-0.4, -0.2) is 47.5 Å². The summed E-state index contributed by atoms with van der Waals surface area (Å²) in [6.07, 6.45) is 0.868. The molecule has 2 aromatic heterocycles. The van der Waals surface area contributed by atoms with Crippen LogP contribution < -0.4 is 4.90 Å². The minimum atomic E-state index is -0.100. The summed E-state index contributed by atoms with van der Waals surface area (Å²) < 4.78 is 5.69. The van der Waals surface area contributed by atoms with Gasteiger partial charge in [-0.1, -0.05) is 18.7 Å². The Bertz CT molecular complexity index is 728. The molecule has 0 unspecified atom stereocenters. The monoisotopic (exact) mass is 376 g/mol. The zero-order valence-electron chi connectivity index (χ0n) is 16.3. The largest absolute Gasteiger partial charge is 0.455 e. The average Bonchev–Trinajstić information content (AvgIpc) is 3.15. The molecule has 0 aliphatic heterocycles. The molecule has 0 spiro atoms. The molecular weight excluding hydrogens is 348 g/mol. The van der Waals surface area contributed by atoms with Gasteiger partial charge in [-0.25, -0.2) is 9.97 Å². The summed E-state index contributed by atoms with van der Waals surface area (Å²) in [5.74, 6) is 2.57. The molecule has 0 bridgehead atoms. The van der Waals surface area contributed by atoms with Crippen LogP contribution in [0.4, 0.5) is 5.82 Å². The fraction of sp³-hybridized carbons (Fsp3) is 0.526. The summed E-state index contributed by atoms with van der Waals surface area (Å²) in [7, 11) is 1.76. The summed E-state index contributed by atoms with van der Waals surface area (Å²) in [5.41, 5.74) is 1.03. The first-order chi connectivity index (χ1) is 12.5. The van der Waals surface area contributed by atoms with Crippen LogP contribution in [0.1, 0.15) is 49.7 Å². The highest BCUT2D eigenvalue weighted by Crippen LogP contribution is 2.24. The first-order valence-corrected chi connectivity index (χ1v) is 10.1. The molecule has 0 saturated heterocycles. The second-order valence-corrected chi connectivity index (χ2v) is 6.84. The molecule has 7 heteroatoms. The molecule has 0 N–H and O–H groups in total. The fourth-order valence-corrected chi connectivity index (χ4v) is 3.22. The van der Waals surface area contributed by atoms with Crippen LogP contribution >= 0.6 is 11.8 Å². The van der Waals surface area contributed by atoms with Crippen LogP contribution in [0.3, 0.4) is 0 Å². The van der Waals surface area contributed by atoms with E-state index in [2.05, 4.69) is 41.7 Å². The number of hydrogen-bond acceptors (Lipinski definition) is 6. The zero-order valence-corrected chi connectivity index (χ0v) is 17.1. The maximum Gasteiger partial charge on any atom is 0.289 e. The number of hydrogen-bond donors (Lipinski definition) is 0. The van der Waals surface area contributed by atoms with Gasteiger partial charge >= 0.3 is 0 Å². The molecule has 0 saturated carbocycles. The van der Waals surface area contributed by atoms with Gasteiger partial charge in [0, 0.05) is 38.4 Å². The van der Waals surface area contributed by atoms with Gasteiger partial charge < -0.3 is 14.2 Å². The Labute approximate surface area is 160 Å². The summed E-state index contributed by atoms with van der Waals surface area (Å²) in [6, 6.07) is 5.63. The van der Waals surface area contributed by atoms with Crippen molar-refractivity contribution in [1.82, 2.24) is 14.9 Å². The van der Waals surface area contributed by atoms with Gasteiger partial charge in [0.1, 0.15) is 11.6 Å². The van der Waals surface area contributed by atoms with Gasteiger partial charge in [-0.2, -0.15) is 0 Å². The van der Waals surface area contributed by atoms with Gasteiger partial charge in [-0.3, -0.25) is 4.79 Å². The Balaban J connectivity index is 2.10. The smallest absolute Gasteiger partial charge is 0.289 e. The van der Waals surface area contributed by atoms with Gasteiger partial charge in [-0.15, -0.1) is 0 Å². The van der Waals surface area contributed by atoms with Crippen molar-refractivity contribution in [2.75, 3.05) is 31.6 Å². The topological polar surface area (TPSA) is 62.5 Å². The summed E-state index contributed by atoms with van der Waals surface area (Å²) in [5, 5.41) is 0.737. The number of furan rings is 1. The molecule has 0 aromatic carbocycles. The van der Waals surface area contributed by atoms with Crippen LogP contribution in [0.5, 0.6) is 0 Å². The molecule has 0 radical (unpaired) electrons. The van der Waals surface area contributed by atoms with Crippen molar-refractivity contribution in [3.8, 4) is 0 Å². The highest BCUT2D eigenvalue weighted by molar-refractivity contribution is 7.98. The number of carbonyl (C=O) groups is 1. The van der Waals surface area contributed by atoms with Crippen molar-refractivity contribution in [3.63, 3.8) is 0 Å². The number of aryl methyl sites for hydroxylation is 1. The Hall–Kier alpha value is -2.02. The first-order valence-electron chi connectivity index (χ1n) is 9.12. The van der Waals surface area contributed by atoms with E-state index in [-0.39, 0.29) is 5.91 Å². The molecule has 2 aromatic rings. The van der Waals surface area contributed by atoms with Crippen molar-refractivity contribution in [2.45, 2.75) is 45.0 Å². The molecule has 0 aliphatic carbocycles. The quantitative estimate of drug-likeness (QED) is 0.489. The van der Waals surface area contributed by atoms with Gasteiger partial charge in [0.15, 0.2) is 10.9 Å². The third kappa shape index (κ3) is 5.00. The summed E-state index contributed by atoms with van der Waals surface area (Å²) in [4.78, 5) is 25.3. The van der Waals surface area contributed by atoms with E-state index in [0.717, 1.165) is 41.9 Å². The van der Waals surface area contributed by atoms with Crippen LogP contribution in [0.2, 0.25) is 0 Å². The van der Waals surface area contributed by atoms with Crippen molar-refractivity contribution in [1.29, 1.82) is 0 Å². The number of anilines is 1. The van der Waals surface area contributed by atoms with E-state index in [4.69, 9.17) is 4.42 Å².